The molecule has 32 heavy (non-hydrogen) atoms. The molecule has 1 amide bonds. The Morgan fingerprint density at radius 2 is 1.78 bits per heavy atom. The van der Waals surface area contributed by atoms with E-state index in [1.165, 1.54) is 12.1 Å². The molecular formula is C22H24F3N5O2. The van der Waals surface area contributed by atoms with E-state index in [1.54, 1.807) is 29.4 Å². The quantitative estimate of drug-likeness (QED) is 0.594. The fourth-order valence-corrected chi connectivity index (χ4v) is 3.78. The van der Waals surface area contributed by atoms with E-state index in [4.69, 9.17) is 0 Å². The Morgan fingerprint density at radius 1 is 1.09 bits per heavy atom. The second kappa shape index (κ2) is 8.78. The van der Waals surface area contributed by atoms with Crippen LogP contribution in [0.15, 0.2) is 42.7 Å². The number of halogens is 3. The van der Waals surface area contributed by atoms with Crippen molar-refractivity contribution in [1.82, 2.24) is 24.6 Å². The highest BCUT2D eigenvalue weighted by molar-refractivity contribution is 5.96. The highest BCUT2D eigenvalue weighted by atomic mass is 19.4. The number of ether oxygens (including phenoxy) is 1. The molecule has 4 rings (SSSR count). The summed E-state index contributed by atoms with van der Waals surface area (Å²) in [6, 6.07) is 7.88. The first-order valence-electron chi connectivity index (χ1n) is 10.4. The highest BCUT2D eigenvalue weighted by Crippen LogP contribution is 2.23. The number of aromatic nitrogens is 3. The molecule has 0 atom stereocenters. The highest BCUT2D eigenvalue weighted by Gasteiger charge is 2.31. The largest absolute Gasteiger partial charge is 0.573 e. The van der Waals surface area contributed by atoms with Crippen LogP contribution in [-0.4, -0.2) is 63.0 Å². The molecule has 0 radical (unpaired) electrons. The number of hydrogen-bond acceptors (Lipinski definition) is 5. The lowest BCUT2D eigenvalue weighted by molar-refractivity contribution is -0.274. The maximum absolute atomic E-state index is 12.9. The van der Waals surface area contributed by atoms with E-state index >= 15 is 0 Å². The van der Waals surface area contributed by atoms with Crippen molar-refractivity contribution in [3.8, 4) is 5.75 Å². The van der Waals surface area contributed by atoms with E-state index in [0.717, 1.165) is 16.6 Å². The number of amides is 1. The lowest BCUT2D eigenvalue weighted by Crippen LogP contribution is -2.48. The molecule has 170 valence electrons. The Balaban J connectivity index is 1.33. The Kier molecular flexibility index (Phi) is 6.05. The van der Waals surface area contributed by atoms with Gasteiger partial charge < -0.3 is 9.64 Å². The number of carbonyl (C=O) groups excluding carboxylic acids is 1. The third-order valence-corrected chi connectivity index (χ3v) is 5.39. The fraction of sp³-hybridized carbons (Fsp3) is 0.409. The van der Waals surface area contributed by atoms with Gasteiger partial charge in [0.05, 0.1) is 11.8 Å². The second-order valence-electron chi connectivity index (χ2n) is 8.08. The summed E-state index contributed by atoms with van der Waals surface area (Å²) in [7, 11) is 0. The molecule has 2 aromatic heterocycles. The smallest absolute Gasteiger partial charge is 0.406 e. The number of benzene rings is 1. The topological polar surface area (TPSA) is 63.5 Å². The molecule has 10 heteroatoms. The summed E-state index contributed by atoms with van der Waals surface area (Å²) >= 11 is 0. The van der Waals surface area contributed by atoms with E-state index in [0.29, 0.717) is 38.3 Å². The van der Waals surface area contributed by atoms with Crippen LogP contribution in [0, 0.1) is 0 Å². The third-order valence-electron chi connectivity index (χ3n) is 5.39. The molecule has 0 bridgehead atoms. The van der Waals surface area contributed by atoms with E-state index < -0.39 is 6.36 Å². The van der Waals surface area contributed by atoms with Crippen LogP contribution in [0.2, 0.25) is 0 Å². The van der Waals surface area contributed by atoms with Crippen molar-refractivity contribution in [2.45, 2.75) is 32.8 Å². The van der Waals surface area contributed by atoms with Crippen LogP contribution in [0.4, 0.5) is 13.2 Å². The second-order valence-corrected chi connectivity index (χ2v) is 8.08. The molecule has 0 aliphatic carbocycles. The van der Waals surface area contributed by atoms with Crippen LogP contribution in [0.5, 0.6) is 5.75 Å². The van der Waals surface area contributed by atoms with E-state index in [-0.39, 0.29) is 17.7 Å². The third kappa shape index (κ3) is 5.01. The average Bonchev–Trinajstić information content (AvgIpc) is 3.18. The average molecular weight is 447 g/mol. The maximum Gasteiger partial charge on any atom is 0.573 e. The summed E-state index contributed by atoms with van der Waals surface area (Å²) in [6.07, 6.45) is -1.37. The van der Waals surface area contributed by atoms with Gasteiger partial charge in [-0.05, 0) is 37.6 Å². The summed E-state index contributed by atoms with van der Waals surface area (Å²) in [6.45, 7) is 7.13. The minimum atomic E-state index is -4.70. The number of fused-ring (bicyclic) bond motifs is 1. The van der Waals surface area contributed by atoms with Gasteiger partial charge in [-0.1, -0.05) is 12.1 Å². The minimum absolute atomic E-state index is 0.0648. The lowest BCUT2D eigenvalue weighted by atomic mass is 10.1. The van der Waals surface area contributed by atoms with Gasteiger partial charge in [0.25, 0.3) is 5.91 Å². The number of hydrogen-bond donors (Lipinski definition) is 0. The normalized spacial score (nSPS) is 15.5. The zero-order valence-electron chi connectivity index (χ0n) is 17.8. The molecule has 1 aromatic carbocycles. The Bertz CT molecular complexity index is 1090. The van der Waals surface area contributed by atoms with Crippen LogP contribution < -0.4 is 4.74 Å². The van der Waals surface area contributed by atoms with Crippen molar-refractivity contribution in [1.29, 1.82) is 0 Å². The molecule has 0 unspecified atom stereocenters. The lowest BCUT2D eigenvalue weighted by Gasteiger charge is -2.34. The van der Waals surface area contributed by atoms with Gasteiger partial charge >= 0.3 is 6.36 Å². The molecular weight excluding hydrogens is 423 g/mol. The van der Waals surface area contributed by atoms with Crippen molar-refractivity contribution >= 4 is 16.9 Å². The van der Waals surface area contributed by atoms with Crippen LogP contribution in [0.3, 0.4) is 0 Å². The van der Waals surface area contributed by atoms with Gasteiger partial charge in [-0.3, -0.25) is 9.69 Å². The molecule has 0 spiro atoms. The Morgan fingerprint density at radius 3 is 2.41 bits per heavy atom. The van der Waals surface area contributed by atoms with Crippen LogP contribution >= 0.6 is 0 Å². The van der Waals surface area contributed by atoms with Gasteiger partial charge in [0.2, 0.25) is 0 Å². The molecule has 7 nitrogen and oxygen atoms in total. The number of rotatable bonds is 5. The van der Waals surface area contributed by atoms with Crippen molar-refractivity contribution in [2.24, 2.45) is 0 Å². The van der Waals surface area contributed by atoms with Crippen LogP contribution in [0.1, 0.15) is 35.8 Å². The zero-order chi connectivity index (χ0) is 22.9. The van der Waals surface area contributed by atoms with E-state index in [2.05, 4.69) is 19.7 Å². The number of pyridine rings is 1. The first-order chi connectivity index (χ1) is 15.2. The zero-order valence-corrected chi connectivity index (χ0v) is 17.8. The van der Waals surface area contributed by atoms with Crippen molar-refractivity contribution in [3.63, 3.8) is 0 Å². The number of nitrogens with zero attached hydrogens (tertiary/aromatic N) is 5. The number of piperazine rings is 1. The van der Waals surface area contributed by atoms with Crippen molar-refractivity contribution in [2.75, 3.05) is 26.2 Å². The van der Waals surface area contributed by atoms with Gasteiger partial charge in [-0.25, -0.2) is 9.67 Å². The molecule has 1 aliphatic rings. The maximum atomic E-state index is 12.9. The number of alkyl halides is 3. The first kappa shape index (κ1) is 22.1. The predicted octanol–water partition coefficient (Wildman–Crippen LogP) is 3.87. The van der Waals surface area contributed by atoms with Crippen LogP contribution in [-0.2, 0) is 6.54 Å². The van der Waals surface area contributed by atoms with Crippen LogP contribution in [0.25, 0.3) is 11.0 Å². The summed E-state index contributed by atoms with van der Waals surface area (Å²) < 4.78 is 42.6. The summed E-state index contributed by atoms with van der Waals surface area (Å²) in [5, 5.41) is 5.17. The molecule has 1 fully saturated rings. The van der Waals surface area contributed by atoms with Crippen molar-refractivity contribution in [3.05, 3.63) is 53.9 Å². The van der Waals surface area contributed by atoms with E-state index in [1.807, 2.05) is 24.6 Å². The molecule has 3 heterocycles. The summed E-state index contributed by atoms with van der Waals surface area (Å²) in [4.78, 5) is 21.3. The standard InChI is InChI=1S/C22H24F3N5O2/c1-15(2)30-20-17(13-27-30)11-18(12-26-20)21(31)29-9-7-28(8-10-29)14-16-3-5-19(6-4-16)32-22(23,24)25/h3-6,11-13,15H,7-10,14H2,1-2H3. The SMILES string of the molecule is CC(C)n1ncc2cc(C(=O)N3CCN(Cc4ccc(OC(F)(F)F)cc4)CC3)cnc21. The predicted molar refractivity (Wildman–Crippen MR) is 112 cm³/mol. The molecule has 0 saturated carbocycles. The van der Waals surface area contributed by atoms with E-state index in [9.17, 15) is 18.0 Å². The molecule has 1 saturated heterocycles. The molecule has 1 aliphatic heterocycles. The molecule has 0 N–H and O–H groups in total. The van der Waals surface area contributed by atoms with Gasteiger partial charge in [0.1, 0.15) is 5.75 Å². The monoisotopic (exact) mass is 447 g/mol. The Hall–Kier alpha value is -3.14. The summed E-state index contributed by atoms with van der Waals surface area (Å²) in [5.74, 6) is -0.300. The summed E-state index contributed by atoms with van der Waals surface area (Å²) in [5.41, 5.74) is 2.18. The van der Waals surface area contributed by atoms with Gasteiger partial charge in [-0.15, -0.1) is 13.2 Å². The van der Waals surface area contributed by atoms with Gasteiger partial charge in [-0.2, -0.15) is 5.10 Å². The van der Waals surface area contributed by atoms with Gasteiger partial charge in [0.15, 0.2) is 5.65 Å². The van der Waals surface area contributed by atoms with Gasteiger partial charge in [0, 0.05) is 50.3 Å². The number of carbonyl (C=O) groups is 1. The van der Waals surface area contributed by atoms with Crippen molar-refractivity contribution < 1.29 is 22.7 Å². The minimum Gasteiger partial charge on any atom is -0.406 e. The molecule has 3 aromatic rings. The Labute approximate surface area is 183 Å². The fourth-order valence-electron chi connectivity index (χ4n) is 3.78. The first-order valence-corrected chi connectivity index (χ1v) is 10.4.